The molecule has 1 aromatic rings. The van der Waals surface area contributed by atoms with Gasteiger partial charge in [0.2, 0.25) is 0 Å². The second kappa shape index (κ2) is 5.30. The fourth-order valence-electron chi connectivity index (χ4n) is 2.03. The zero-order chi connectivity index (χ0) is 13.1. The van der Waals surface area contributed by atoms with Crippen LogP contribution in [0, 0.1) is 5.92 Å². The molecule has 96 valence electrons. The Hall–Kier alpha value is -1.69. The largest absolute Gasteiger partial charge is 0.481 e. The van der Waals surface area contributed by atoms with Gasteiger partial charge in [-0.15, -0.1) is 0 Å². The Morgan fingerprint density at radius 3 is 2.67 bits per heavy atom. The van der Waals surface area contributed by atoms with E-state index < -0.39 is 5.97 Å². The molecule has 1 amide bonds. The molecule has 2 N–H and O–H groups in total. The first-order valence-electron chi connectivity index (χ1n) is 5.57. The smallest absolute Gasteiger partial charge is 0.306 e. The van der Waals surface area contributed by atoms with Crippen molar-refractivity contribution >= 4 is 23.5 Å². The summed E-state index contributed by atoms with van der Waals surface area (Å²) in [4.78, 5) is 30.2. The van der Waals surface area contributed by atoms with Crippen molar-refractivity contribution in [2.24, 2.45) is 5.92 Å². The van der Waals surface area contributed by atoms with Crippen LogP contribution >= 0.6 is 11.6 Å². The van der Waals surface area contributed by atoms with E-state index in [0.717, 1.165) is 0 Å². The Morgan fingerprint density at radius 2 is 2.11 bits per heavy atom. The predicted octanol–water partition coefficient (Wildman–Crippen LogP) is 1.11. The quantitative estimate of drug-likeness (QED) is 0.858. The standard InChI is InChI=1S/C11H12ClN3O3/c12-9-5-13-8(4-14-9)10(16)15-7-2-1-6(3-7)11(17)18/h4-7H,1-3H2,(H,15,16)(H,17,18). The number of nitrogens with one attached hydrogen (secondary N) is 1. The van der Waals surface area contributed by atoms with Gasteiger partial charge in [0.1, 0.15) is 10.8 Å². The second-order valence-electron chi connectivity index (χ2n) is 4.24. The molecule has 0 bridgehead atoms. The molecule has 1 aliphatic rings. The number of hydrogen-bond acceptors (Lipinski definition) is 4. The van der Waals surface area contributed by atoms with Crippen molar-refractivity contribution in [3.63, 3.8) is 0 Å². The monoisotopic (exact) mass is 269 g/mol. The summed E-state index contributed by atoms with van der Waals surface area (Å²) >= 11 is 5.57. The van der Waals surface area contributed by atoms with Crippen LogP contribution < -0.4 is 5.32 Å². The molecular formula is C11H12ClN3O3. The summed E-state index contributed by atoms with van der Waals surface area (Å²) in [5, 5.41) is 11.8. The number of nitrogens with zero attached hydrogens (tertiary/aromatic N) is 2. The maximum atomic E-state index is 11.8. The van der Waals surface area contributed by atoms with E-state index >= 15 is 0 Å². The van der Waals surface area contributed by atoms with Gasteiger partial charge in [0.15, 0.2) is 0 Å². The Balaban J connectivity index is 1.92. The van der Waals surface area contributed by atoms with Gasteiger partial charge in [-0.2, -0.15) is 0 Å². The molecule has 2 unspecified atom stereocenters. The van der Waals surface area contributed by atoms with Crippen LogP contribution in [0.15, 0.2) is 12.4 Å². The van der Waals surface area contributed by atoms with E-state index in [1.807, 2.05) is 0 Å². The van der Waals surface area contributed by atoms with Crippen molar-refractivity contribution in [1.29, 1.82) is 0 Å². The lowest BCUT2D eigenvalue weighted by molar-refractivity contribution is -0.141. The maximum absolute atomic E-state index is 11.8. The SMILES string of the molecule is O=C(NC1CCC(C(=O)O)C1)c1cnc(Cl)cn1. The van der Waals surface area contributed by atoms with E-state index in [1.165, 1.54) is 12.4 Å². The van der Waals surface area contributed by atoms with Gasteiger partial charge in [0, 0.05) is 6.04 Å². The van der Waals surface area contributed by atoms with Crippen molar-refractivity contribution in [3.05, 3.63) is 23.2 Å². The number of aromatic nitrogens is 2. The van der Waals surface area contributed by atoms with Crippen LogP contribution in [0.2, 0.25) is 5.15 Å². The molecule has 1 heterocycles. The molecule has 1 aliphatic carbocycles. The lowest BCUT2D eigenvalue weighted by Gasteiger charge is -2.11. The number of carbonyl (C=O) groups is 2. The van der Waals surface area contributed by atoms with Gasteiger partial charge in [-0.1, -0.05) is 11.6 Å². The zero-order valence-electron chi connectivity index (χ0n) is 9.47. The van der Waals surface area contributed by atoms with Gasteiger partial charge in [-0.05, 0) is 19.3 Å². The fraction of sp³-hybridized carbons (Fsp3) is 0.455. The molecule has 1 saturated carbocycles. The van der Waals surface area contributed by atoms with E-state index in [0.29, 0.717) is 19.3 Å². The van der Waals surface area contributed by atoms with Gasteiger partial charge in [-0.3, -0.25) is 9.59 Å². The van der Waals surface area contributed by atoms with E-state index in [4.69, 9.17) is 16.7 Å². The number of rotatable bonds is 3. The minimum absolute atomic E-state index is 0.115. The molecule has 7 heteroatoms. The van der Waals surface area contributed by atoms with E-state index in [-0.39, 0.29) is 28.7 Å². The highest BCUT2D eigenvalue weighted by Gasteiger charge is 2.30. The highest BCUT2D eigenvalue weighted by Crippen LogP contribution is 2.25. The Bertz CT molecular complexity index is 463. The third kappa shape index (κ3) is 2.95. The fourth-order valence-corrected chi connectivity index (χ4v) is 2.12. The van der Waals surface area contributed by atoms with Crippen molar-refractivity contribution in [3.8, 4) is 0 Å². The molecule has 6 nitrogen and oxygen atoms in total. The molecule has 1 aromatic heterocycles. The molecule has 2 atom stereocenters. The summed E-state index contributed by atoms with van der Waals surface area (Å²) in [6, 6.07) is -0.115. The van der Waals surface area contributed by atoms with Crippen LogP contribution in [0.4, 0.5) is 0 Å². The molecule has 2 rings (SSSR count). The summed E-state index contributed by atoms with van der Waals surface area (Å²) in [7, 11) is 0. The van der Waals surface area contributed by atoms with Gasteiger partial charge < -0.3 is 10.4 Å². The van der Waals surface area contributed by atoms with Crippen molar-refractivity contribution < 1.29 is 14.7 Å². The number of hydrogen-bond donors (Lipinski definition) is 2. The second-order valence-corrected chi connectivity index (χ2v) is 4.63. The van der Waals surface area contributed by atoms with Crippen LogP contribution in [0.3, 0.4) is 0 Å². The first-order chi connectivity index (χ1) is 8.56. The number of carboxylic acid groups (broad SMARTS) is 1. The maximum Gasteiger partial charge on any atom is 0.306 e. The lowest BCUT2D eigenvalue weighted by atomic mass is 10.1. The molecular weight excluding hydrogens is 258 g/mol. The Labute approximate surface area is 108 Å². The lowest BCUT2D eigenvalue weighted by Crippen LogP contribution is -2.33. The highest BCUT2D eigenvalue weighted by molar-refractivity contribution is 6.29. The number of carboxylic acids is 1. The average Bonchev–Trinajstić information content (AvgIpc) is 2.78. The summed E-state index contributed by atoms with van der Waals surface area (Å²) < 4.78 is 0. The van der Waals surface area contributed by atoms with Crippen molar-refractivity contribution in [1.82, 2.24) is 15.3 Å². The molecule has 0 aromatic carbocycles. The summed E-state index contributed by atoms with van der Waals surface area (Å²) in [6.07, 6.45) is 4.31. The third-order valence-corrected chi connectivity index (χ3v) is 3.17. The highest BCUT2D eigenvalue weighted by atomic mass is 35.5. The molecule has 0 aliphatic heterocycles. The van der Waals surface area contributed by atoms with E-state index in [2.05, 4.69) is 15.3 Å². The molecule has 1 fully saturated rings. The minimum atomic E-state index is -0.807. The van der Waals surface area contributed by atoms with E-state index in [1.54, 1.807) is 0 Å². The topological polar surface area (TPSA) is 92.2 Å². The molecule has 18 heavy (non-hydrogen) atoms. The number of carbonyl (C=O) groups excluding carboxylic acids is 1. The average molecular weight is 270 g/mol. The van der Waals surface area contributed by atoms with Crippen LogP contribution in [0.5, 0.6) is 0 Å². The van der Waals surface area contributed by atoms with Crippen LogP contribution in [-0.4, -0.2) is 33.0 Å². The minimum Gasteiger partial charge on any atom is -0.481 e. The molecule has 0 spiro atoms. The van der Waals surface area contributed by atoms with E-state index in [9.17, 15) is 9.59 Å². The normalized spacial score (nSPS) is 22.7. The van der Waals surface area contributed by atoms with Crippen molar-refractivity contribution in [2.45, 2.75) is 25.3 Å². The Morgan fingerprint density at radius 1 is 1.33 bits per heavy atom. The number of amides is 1. The first-order valence-corrected chi connectivity index (χ1v) is 5.95. The Kier molecular flexibility index (Phi) is 3.76. The first kappa shape index (κ1) is 12.8. The van der Waals surface area contributed by atoms with Crippen LogP contribution in [0.1, 0.15) is 29.8 Å². The van der Waals surface area contributed by atoms with Crippen LogP contribution in [-0.2, 0) is 4.79 Å². The van der Waals surface area contributed by atoms with Crippen molar-refractivity contribution in [2.75, 3.05) is 0 Å². The van der Waals surface area contributed by atoms with Crippen LogP contribution in [0.25, 0.3) is 0 Å². The van der Waals surface area contributed by atoms with Gasteiger partial charge >= 0.3 is 5.97 Å². The van der Waals surface area contributed by atoms with Gasteiger partial charge in [-0.25, -0.2) is 9.97 Å². The zero-order valence-corrected chi connectivity index (χ0v) is 10.2. The number of halogens is 1. The molecule has 0 saturated heterocycles. The predicted molar refractivity (Wildman–Crippen MR) is 63.3 cm³/mol. The van der Waals surface area contributed by atoms with Gasteiger partial charge in [0.05, 0.1) is 18.3 Å². The summed E-state index contributed by atoms with van der Waals surface area (Å²) in [5.41, 5.74) is 0.179. The summed E-state index contributed by atoms with van der Waals surface area (Å²) in [6.45, 7) is 0. The summed E-state index contributed by atoms with van der Waals surface area (Å²) in [5.74, 6) is -1.53. The molecule has 0 radical (unpaired) electrons. The van der Waals surface area contributed by atoms with Gasteiger partial charge in [0.25, 0.3) is 5.91 Å². The number of aliphatic carboxylic acids is 1. The third-order valence-electron chi connectivity index (χ3n) is 2.97.